The first kappa shape index (κ1) is 19.6. The summed E-state index contributed by atoms with van der Waals surface area (Å²) in [5.41, 5.74) is 9.15. The summed E-state index contributed by atoms with van der Waals surface area (Å²) in [6, 6.07) is 25.5. The first-order valence-corrected chi connectivity index (χ1v) is 9.61. The van der Waals surface area contributed by atoms with E-state index < -0.39 is 0 Å². The van der Waals surface area contributed by atoms with Crippen LogP contribution >= 0.6 is 0 Å². The Kier molecular flexibility index (Phi) is 6.10. The van der Waals surface area contributed by atoms with Gasteiger partial charge in [-0.05, 0) is 61.7 Å². The van der Waals surface area contributed by atoms with Gasteiger partial charge >= 0.3 is 0 Å². The van der Waals surface area contributed by atoms with Crippen molar-refractivity contribution in [2.75, 3.05) is 19.0 Å². The van der Waals surface area contributed by atoms with Crippen molar-refractivity contribution in [3.8, 4) is 0 Å². The molecule has 2 nitrogen and oxygen atoms in total. The fraction of sp³-hybridized carbons (Fsp3) is 0.192. The van der Waals surface area contributed by atoms with Gasteiger partial charge in [-0.3, -0.25) is 4.99 Å². The predicted molar refractivity (Wildman–Crippen MR) is 124 cm³/mol. The second-order valence-corrected chi connectivity index (χ2v) is 7.40. The summed E-state index contributed by atoms with van der Waals surface area (Å²) < 4.78 is 0. The van der Waals surface area contributed by atoms with E-state index in [1.165, 1.54) is 27.9 Å². The van der Waals surface area contributed by atoms with Crippen LogP contribution in [0.15, 0.2) is 77.8 Å². The zero-order chi connectivity index (χ0) is 20.1. The first-order valence-electron chi connectivity index (χ1n) is 9.61. The van der Waals surface area contributed by atoms with Gasteiger partial charge in [-0.2, -0.15) is 0 Å². The van der Waals surface area contributed by atoms with E-state index in [0.717, 1.165) is 17.0 Å². The fourth-order valence-corrected chi connectivity index (χ4v) is 3.22. The molecule has 0 heterocycles. The second-order valence-electron chi connectivity index (χ2n) is 7.40. The van der Waals surface area contributed by atoms with Gasteiger partial charge in [-0.1, -0.05) is 60.2 Å². The van der Waals surface area contributed by atoms with Crippen LogP contribution in [0.25, 0.3) is 11.6 Å². The van der Waals surface area contributed by atoms with E-state index >= 15 is 0 Å². The van der Waals surface area contributed by atoms with E-state index in [-0.39, 0.29) is 0 Å². The van der Waals surface area contributed by atoms with Gasteiger partial charge < -0.3 is 4.90 Å². The Morgan fingerprint density at radius 3 is 2.14 bits per heavy atom. The number of hydrogen-bond donors (Lipinski definition) is 0. The Hall–Kier alpha value is -3.13. The van der Waals surface area contributed by atoms with Gasteiger partial charge in [0, 0.05) is 31.1 Å². The molecule has 3 rings (SSSR count). The monoisotopic (exact) mass is 368 g/mol. The van der Waals surface area contributed by atoms with Crippen LogP contribution < -0.4 is 4.90 Å². The van der Waals surface area contributed by atoms with Gasteiger partial charge in [-0.15, -0.1) is 0 Å². The SMILES string of the molecule is CC(=Nc1ccc(C)cc1C)/C(=C/c1ccc(N(C)C)cc1)c1ccccc1. The van der Waals surface area contributed by atoms with Gasteiger partial charge in [0.25, 0.3) is 0 Å². The Morgan fingerprint density at radius 1 is 0.857 bits per heavy atom. The largest absolute Gasteiger partial charge is 0.378 e. The van der Waals surface area contributed by atoms with Crippen LogP contribution in [0.1, 0.15) is 29.2 Å². The maximum atomic E-state index is 4.96. The minimum atomic E-state index is 1.01. The van der Waals surface area contributed by atoms with Crippen molar-refractivity contribution >= 4 is 28.7 Å². The normalized spacial score (nSPS) is 12.2. The molecule has 0 saturated heterocycles. The summed E-state index contributed by atoms with van der Waals surface area (Å²) >= 11 is 0. The highest BCUT2D eigenvalue weighted by Crippen LogP contribution is 2.26. The van der Waals surface area contributed by atoms with Crippen LogP contribution in [0.3, 0.4) is 0 Å². The molecule has 0 spiro atoms. The third-order valence-electron chi connectivity index (χ3n) is 4.84. The number of aliphatic imine (C=N–C) groups is 1. The van der Waals surface area contributed by atoms with Crippen LogP contribution in [0, 0.1) is 13.8 Å². The minimum absolute atomic E-state index is 1.01. The Balaban J connectivity index is 2.05. The number of hydrogen-bond acceptors (Lipinski definition) is 2. The molecule has 0 aliphatic carbocycles. The molecule has 3 aromatic carbocycles. The average Bonchev–Trinajstić information content (AvgIpc) is 2.69. The summed E-state index contributed by atoms with van der Waals surface area (Å²) in [5.74, 6) is 0. The highest BCUT2D eigenvalue weighted by atomic mass is 15.1. The highest BCUT2D eigenvalue weighted by Gasteiger charge is 2.07. The Bertz CT molecular complexity index is 994. The van der Waals surface area contributed by atoms with Crippen molar-refractivity contribution in [2.24, 2.45) is 4.99 Å². The molecule has 28 heavy (non-hydrogen) atoms. The van der Waals surface area contributed by atoms with E-state index in [1.54, 1.807) is 0 Å². The van der Waals surface area contributed by atoms with Gasteiger partial charge in [0.1, 0.15) is 0 Å². The fourth-order valence-electron chi connectivity index (χ4n) is 3.22. The lowest BCUT2D eigenvalue weighted by Crippen LogP contribution is -2.07. The molecule has 0 saturated carbocycles. The number of rotatable bonds is 5. The number of benzene rings is 3. The molecule has 3 aromatic rings. The number of aryl methyl sites for hydroxylation is 2. The smallest absolute Gasteiger partial charge is 0.0662 e. The number of allylic oxidation sites excluding steroid dienone is 1. The Labute approximate surface area is 168 Å². The standard InChI is InChI=1S/C26H28N2/c1-19-11-16-26(20(2)17-19)27-21(3)25(23-9-7-6-8-10-23)18-22-12-14-24(15-13-22)28(4)5/h6-18H,1-5H3/b25-18-,27-21?. The van der Waals surface area contributed by atoms with Gasteiger partial charge in [0.15, 0.2) is 0 Å². The maximum Gasteiger partial charge on any atom is 0.0662 e. The Morgan fingerprint density at radius 2 is 1.54 bits per heavy atom. The zero-order valence-corrected chi connectivity index (χ0v) is 17.4. The van der Waals surface area contributed by atoms with Crippen LogP contribution in [-0.4, -0.2) is 19.8 Å². The zero-order valence-electron chi connectivity index (χ0n) is 17.4. The molecule has 0 amide bonds. The topological polar surface area (TPSA) is 15.6 Å². The molecule has 142 valence electrons. The molecule has 0 fully saturated rings. The van der Waals surface area contributed by atoms with Crippen molar-refractivity contribution in [1.29, 1.82) is 0 Å². The van der Waals surface area contributed by atoms with E-state index in [1.807, 2.05) is 6.07 Å². The predicted octanol–water partition coefficient (Wildman–Crippen LogP) is 6.70. The third-order valence-corrected chi connectivity index (χ3v) is 4.84. The van der Waals surface area contributed by atoms with Crippen molar-refractivity contribution in [3.63, 3.8) is 0 Å². The van der Waals surface area contributed by atoms with E-state index in [2.05, 4.69) is 113 Å². The van der Waals surface area contributed by atoms with Gasteiger partial charge in [0.05, 0.1) is 5.69 Å². The summed E-state index contributed by atoms with van der Waals surface area (Å²) in [4.78, 5) is 7.07. The van der Waals surface area contributed by atoms with E-state index in [0.29, 0.717) is 0 Å². The molecule has 0 aliphatic rings. The first-order chi connectivity index (χ1) is 13.4. The molecule has 0 aliphatic heterocycles. The van der Waals surface area contributed by atoms with Crippen molar-refractivity contribution in [1.82, 2.24) is 0 Å². The minimum Gasteiger partial charge on any atom is -0.378 e. The molecule has 0 atom stereocenters. The summed E-state index contributed by atoms with van der Waals surface area (Å²) in [6.45, 7) is 6.32. The molecule has 0 N–H and O–H groups in total. The quantitative estimate of drug-likeness (QED) is 0.361. The van der Waals surface area contributed by atoms with Crippen LogP contribution in [-0.2, 0) is 0 Å². The van der Waals surface area contributed by atoms with Crippen molar-refractivity contribution < 1.29 is 0 Å². The lowest BCUT2D eigenvalue weighted by Gasteiger charge is -2.13. The van der Waals surface area contributed by atoms with Crippen molar-refractivity contribution in [2.45, 2.75) is 20.8 Å². The molecule has 0 bridgehead atoms. The van der Waals surface area contributed by atoms with E-state index in [4.69, 9.17) is 4.99 Å². The second kappa shape index (κ2) is 8.71. The molecular formula is C26H28N2. The third kappa shape index (κ3) is 4.77. The lowest BCUT2D eigenvalue weighted by atomic mass is 9.98. The van der Waals surface area contributed by atoms with Crippen LogP contribution in [0.4, 0.5) is 11.4 Å². The number of anilines is 1. The number of nitrogens with zero attached hydrogens (tertiary/aromatic N) is 2. The maximum absolute atomic E-state index is 4.96. The molecule has 0 radical (unpaired) electrons. The van der Waals surface area contributed by atoms with Gasteiger partial charge in [0.2, 0.25) is 0 Å². The summed E-state index contributed by atoms with van der Waals surface area (Å²) in [6.07, 6.45) is 2.22. The van der Waals surface area contributed by atoms with Crippen molar-refractivity contribution in [3.05, 3.63) is 95.1 Å². The van der Waals surface area contributed by atoms with E-state index in [9.17, 15) is 0 Å². The van der Waals surface area contributed by atoms with Crippen LogP contribution in [0.5, 0.6) is 0 Å². The molecular weight excluding hydrogens is 340 g/mol. The average molecular weight is 369 g/mol. The van der Waals surface area contributed by atoms with Gasteiger partial charge in [-0.25, -0.2) is 0 Å². The molecule has 0 aromatic heterocycles. The molecule has 2 heteroatoms. The van der Waals surface area contributed by atoms with Crippen LogP contribution in [0.2, 0.25) is 0 Å². The highest BCUT2D eigenvalue weighted by molar-refractivity contribution is 6.27. The summed E-state index contributed by atoms with van der Waals surface area (Å²) in [7, 11) is 4.11. The summed E-state index contributed by atoms with van der Waals surface area (Å²) in [5, 5.41) is 0. The lowest BCUT2D eigenvalue weighted by molar-refractivity contribution is 1.13. The molecule has 0 unspecified atom stereocenters.